The number of likely N-dealkylation sites (tertiary alicyclic amines) is 1. The van der Waals surface area contributed by atoms with E-state index in [0.717, 1.165) is 53.0 Å². The highest BCUT2D eigenvalue weighted by molar-refractivity contribution is 7.99. The summed E-state index contributed by atoms with van der Waals surface area (Å²) < 4.78 is 0. The largest absolute Gasteiger partial charge is 0.325 e. The van der Waals surface area contributed by atoms with E-state index in [4.69, 9.17) is 11.6 Å². The minimum absolute atomic E-state index is 0.0567. The zero-order valence-electron chi connectivity index (χ0n) is 16.8. The Kier molecular flexibility index (Phi) is 7.11. The van der Waals surface area contributed by atoms with Crippen LogP contribution in [0.15, 0.2) is 88.7 Å². The second-order valence-corrected chi connectivity index (χ2v) is 9.13. The van der Waals surface area contributed by atoms with Crippen LogP contribution >= 0.6 is 23.4 Å². The summed E-state index contributed by atoms with van der Waals surface area (Å²) in [5.74, 6) is 0.184. The van der Waals surface area contributed by atoms with E-state index in [1.165, 1.54) is 5.56 Å². The van der Waals surface area contributed by atoms with Gasteiger partial charge in [-0.15, -0.1) is 0 Å². The van der Waals surface area contributed by atoms with Crippen LogP contribution in [0.25, 0.3) is 0 Å². The summed E-state index contributed by atoms with van der Waals surface area (Å²) in [6, 6.07) is 26.3. The first-order valence-electron chi connectivity index (χ1n) is 10.3. The van der Waals surface area contributed by atoms with Crippen molar-refractivity contribution in [3.05, 3.63) is 89.4 Å². The van der Waals surface area contributed by atoms with Crippen molar-refractivity contribution < 1.29 is 4.79 Å². The maximum Gasteiger partial charge on any atom is 0.227 e. The molecule has 0 aromatic heterocycles. The fourth-order valence-corrected chi connectivity index (χ4v) is 4.76. The van der Waals surface area contributed by atoms with Gasteiger partial charge in [-0.3, -0.25) is 9.69 Å². The lowest BCUT2D eigenvalue weighted by Gasteiger charge is -2.31. The topological polar surface area (TPSA) is 32.3 Å². The first-order chi connectivity index (χ1) is 14.7. The third-order valence-electron chi connectivity index (χ3n) is 5.39. The fraction of sp³-hybridized carbons (Fsp3) is 0.240. The number of carbonyl (C=O) groups is 1. The molecular formula is C25H25ClN2OS. The van der Waals surface area contributed by atoms with Crippen molar-refractivity contribution in [1.82, 2.24) is 4.90 Å². The van der Waals surface area contributed by atoms with Crippen molar-refractivity contribution in [2.75, 3.05) is 18.4 Å². The Balaban J connectivity index is 1.32. The van der Waals surface area contributed by atoms with E-state index in [0.29, 0.717) is 0 Å². The van der Waals surface area contributed by atoms with E-state index < -0.39 is 0 Å². The van der Waals surface area contributed by atoms with Crippen LogP contribution in [0, 0.1) is 5.92 Å². The summed E-state index contributed by atoms with van der Waals surface area (Å²) in [6.45, 7) is 2.77. The minimum atomic E-state index is 0.0567. The van der Waals surface area contributed by atoms with Crippen LogP contribution in [0.4, 0.5) is 5.69 Å². The minimum Gasteiger partial charge on any atom is -0.325 e. The summed E-state index contributed by atoms with van der Waals surface area (Å²) in [5, 5.41) is 3.94. The summed E-state index contributed by atoms with van der Waals surface area (Å²) in [6.07, 6.45) is 1.76. The molecule has 1 amide bonds. The number of carbonyl (C=O) groups excluding carboxylic acids is 1. The Labute approximate surface area is 187 Å². The first kappa shape index (κ1) is 21.0. The number of hydrogen-bond donors (Lipinski definition) is 1. The average Bonchev–Trinajstić information content (AvgIpc) is 2.78. The Bertz CT molecular complexity index is 970. The number of nitrogens with zero attached hydrogens (tertiary/aromatic N) is 1. The Hall–Kier alpha value is -2.27. The lowest BCUT2D eigenvalue weighted by molar-refractivity contribution is -0.121. The van der Waals surface area contributed by atoms with Gasteiger partial charge in [0.1, 0.15) is 0 Å². The molecule has 1 N–H and O–H groups in total. The SMILES string of the molecule is O=C(Nc1ccccc1Sc1ccccc1)C1CCN(Cc2ccc(Cl)cc2)CC1. The third-order valence-corrected chi connectivity index (χ3v) is 6.73. The second-order valence-electron chi connectivity index (χ2n) is 7.58. The average molecular weight is 437 g/mol. The van der Waals surface area contributed by atoms with E-state index in [1.54, 1.807) is 11.8 Å². The molecule has 0 unspecified atom stereocenters. The quantitative estimate of drug-likeness (QED) is 0.489. The van der Waals surface area contributed by atoms with Crippen molar-refractivity contribution in [3.8, 4) is 0 Å². The molecular weight excluding hydrogens is 412 g/mol. The smallest absolute Gasteiger partial charge is 0.227 e. The van der Waals surface area contributed by atoms with Crippen LogP contribution in [-0.4, -0.2) is 23.9 Å². The molecule has 0 atom stereocenters. The molecule has 0 bridgehead atoms. The molecule has 1 aliphatic rings. The molecule has 0 aliphatic carbocycles. The molecule has 4 rings (SSSR count). The molecule has 3 aromatic rings. The normalized spacial score (nSPS) is 15.1. The van der Waals surface area contributed by atoms with Gasteiger partial charge >= 0.3 is 0 Å². The number of piperidine rings is 1. The fourth-order valence-electron chi connectivity index (χ4n) is 3.71. The van der Waals surface area contributed by atoms with Crippen LogP contribution < -0.4 is 5.32 Å². The predicted octanol–water partition coefficient (Wildman–Crippen LogP) is 6.34. The summed E-state index contributed by atoms with van der Waals surface area (Å²) in [4.78, 5) is 17.6. The van der Waals surface area contributed by atoms with Crippen LogP contribution in [0.2, 0.25) is 5.02 Å². The summed E-state index contributed by atoms with van der Waals surface area (Å²) in [5.41, 5.74) is 2.15. The zero-order chi connectivity index (χ0) is 20.8. The Morgan fingerprint density at radius 3 is 2.33 bits per heavy atom. The Morgan fingerprint density at radius 1 is 0.933 bits per heavy atom. The lowest BCUT2D eigenvalue weighted by Crippen LogP contribution is -2.37. The number of rotatable bonds is 6. The van der Waals surface area contributed by atoms with Gasteiger partial charge in [0.05, 0.1) is 5.69 Å². The number of anilines is 1. The highest BCUT2D eigenvalue weighted by atomic mass is 35.5. The monoisotopic (exact) mass is 436 g/mol. The van der Waals surface area contributed by atoms with Crippen LogP contribution in [0.3, 0.4) is 0 Å². The van der Waals surface area contributed by atoms with Gasteiger partial charge < -0.3 is 5.32 Å². The Morgan fingerprint density at radius 2 is 1.60 bits per heavy atom. The van der Waals surface area contributed by atoms with E-state index >= 15 is 0 Å². The van der Waals surface area contributed by atoms with Gasteiger partial charge in [-0.05, 0) is 67.9 Å². The van der Waals surface area contributed by atoms with Crippen molar-refractivity contribution in [2.45, 2.75) is 29.2 Å². The zero-order valence-corrected chi connectivity index (χ0v) is 18.3. The molecule has 30 heavy (non-hydrogen) atoms. The van der Waals surface area contributed by atoms with Gasteiger partial charge in [-0.2, -0.15) is 0 Å². The van der Waals surface area contributed by atoms with Gasteiger partial charge in [0, 0.05) is 27.3 Å². The number of para-hydroxylation sites is 1. The molecule has 3 nitrogen and oxygen atoms in total. The molecule has 154 valence electrons. The molecule has 1 saturated heterocycles. The number of halogens is 1. The maximum absolute atomic E-state index is 12.9. The van der Waals surface area contributed by atoms with Gasteiger partial charge in [-0.25, -0.2) is 0 Å². The van der Waals surface area contributed by atoms with E-state index in [-0.39, 0.29) is 11.8 Å². The first-order valence-corrected chi connectivity index (χ1v) is 11.5. The summed E-state index contributed by atoms with van der Waals surface area (Å²) in [7, 11) is 0. The van der Waals surface area contributed by atoms with E-state index in [9.17, 15) is 4.79 Å². The second kappa shape index (κ2) is 10.2. The van der Waals surface area contributed by atoms with Crippen LogP contribution in [-0.2, 0) is 11.3 Å². The molecule has 1 heterocycles. The predicted molar refractivity (Wildman–Crippen MR) is 125 cm³/mol. The lowest BCUT2D eigenvalue weighted by atomic mass is 9.95. The van der Waals surface area contributed by atoms with Crippen LogP contribution in [0.5, 0.6) is 0 Å². The molecule has 1 aliphatic heterocycles. The number of benzene rings is 3. The van der Waals surface area contributed by atoms with E-state index in [1.807, 2.05) is 48.5 Å². The van der Waals surface area contributed by atoms with Crippen molar-refractivity contribution >= 4 is 35.0 Å². The molecule has 3 aromatic carbocycles. The maximum atomic E-state index is 12.9. The van der Waals surface area contributed by atoms with Gasteiger partial charge in [0.2, 0.25) is 5.91 Å². The highest BCUT2D eigenvalue weighted by Gasteiger charge is 2.25. The van der Waals surface area contributed by atoms with Gasteiger partial charge in [0.15, 0.2) is 0 Å². The van der Waals surface area contributed by atoms with Crippen molar-refractivity contribution in [2.24, 2.45) is 5.92 Å². The molecule has 0 radical (unpaired) electrons. The van der Waals surface area contributed by atoms with Gasteiger partial charge in [-0.1, -0.05) is 65.8 Å². The molecule has 0 saturated carbocycles. The number of amides is 1. The third kappa shape index (κ3) is 5.66. The van der Waals surface area contributed by atoms with Gasteiger partial charge in [0.25, 0.3) is 0 Å². The standard InChI is InChI=1S/C25H25ClN2OS/c26-21-12-10-19(11-13-21)18-28-16-14-20(15-17-28)25(29)27-23-8-4-5-9-24(23)30-22-6-2-1-3-7-22/h1-13,20H,14-18H2,(H,27,29). The van der Waals surface area contributed by atoms with Crippen molar-refractivity contribution in [3.63, 3.8) is 0 Å². The van der Waals surface area contributed by atoms with E-state index in [2.05, 4.69) is 40.5 Å². The van der Waals surface area contributed by atoms with Crippen molar-refractivity contribution in [1.29, 1.82) is 0 Å². The molecule has 0 spiro atoms. The number of nitrogens with one attached hydrogen (secondary N) is 1. The number of hydrogen-bond acceptors (Lipinski definition) is 3. The molecule has 5 heteroatoms. The highest BCUT2D eigenvalue weighted by Crippen LogP contribution is 2.33. The van der Waals surface area contributed by atoms with Crippen LogP contribution in [0.1, 0.15) is 18.4 Å². The summed E-state index contributed by atoms with van der Waals surface area (Å²) >= 11 is 7.64. The molecule has 1 fully saturated rings.